The lowest BCUT2D eigenvalue weighted by Gasteiger charge is -2.09. The minimum Gasteiger partial charge on any atom is -0.504 e. The molecule has 0 amide bonds. The summed E-state index contributed by atoms with van der Waals surface area (Å²) in [4.78, 5) is 12.5. The zero-order chi connectivity index (χ0) is 16.9. The van der Waals surface area contributed by atoms with Crippen LogP contribution in [0.3, 0.4) is 0 Å². The van der Waals surface area contributed by atoms with Crippen molar-refractivity contribution in [1.29, 1.82) is 0 Å². The molecule has 0 saturated heterocycles. The molecule has 0 unspecified atom stereocenters. The molecule has 0 fully saturated rings. The molecule has 0 atom stereocenters. The van der Waals surface area contributed by atoms with Gasteiger partial charge in [0, 0.05) is 11.6 Å². The van der Waals surface area contributed by atoms with Gasteiger partial charge >= 0.3 is 0 Å². The van der Waals surface area contributed by atoms with Crippen LogP contribution >= 0.6 is 0 Å². The predicted molar refractivity (Wildman–Crippen MR) is 77.9 cm³/mol. The van der Waals surface area contributed by atoms with E-state index in [0.29, 0.717) is 0 Å². The minimum absolute atomic E-state index is 0.150. The first kappa shape index (κ1) is 14.4. The first-order chi connectivity index (χ1) is 10.8. The number of hydrogen-bond donors (Lipinski definition) is 6. The molecular formula is C15H10O8. The lowest BCUT2D eigenvalue weighted by Crippen LogP contribution is -2.05. The Morgan fingerprint density at radius 2 is 1.39 bits per heavy atom. The van der Waals surface area contributed by atoms with Gasteiger partial charge in [-0.25, -0.2) is 0 Å². The van der Waals surface area contributed by atoms with Crippen molar-refractivity contribution in [2.24, 2.45) is 0 Å². The summed E-state index contributed by atoms with van der Waals surface area (Å²) in [6, 6.07) is 3.17. The highest BCUT2D eigenvalue weighted by Crippen LogP contribution is 2.43. The third-order valence-electron chi connectivity index (χ3n) is 3.41. The molecule has 0 aliphatic heterocycles. The van der Waals surface area contributed by atoms with Gasteiger partial charge in [0.05, 0.1) is 5.56 Å². The molecule has 118 valence electrons. The van der Waals surface area contributed by atoms with Crippen LogP contribution in [0.4, 0.5) is 0 Å². The van der Waals surface area contributed by atoms with E-state index < -0.39 is 45.3 Å². The summed E-state index contributed by atoms with van der Waals surface area (Å²) >= 11 is 0. The molecule has 0 aliphatic carbocycles. The molecule has 0 aliphatic rings. The summed E-state index contributed by atoms with van der Waals surface area (Å²) in [5, 5.41) is 57.1. The molecule has 0 bridgehead atoms. The lowest BCUT2D eigenvalue weighted by atomic mass is 10.0. The molecule has 3 rings (SSSR count). The van der Waals surface area contributed by atoms with E-state index in [9.17, 15) is 35.4 Å². The monoisotopic (exact) mass is 318 g/mol. The van der Waals surface area contributed by atoms with Crippen molar-refractivity contribution in [2.75, 3.05) is 0 Å². The Bertz CT molecular complexity index is 1000. The van der Waals surface area contributed by atoms with Gasteiger partial charge in [-0.1, -0.05) is 0 Å². The molecule has 1 aromatic heterocycles. The van der Waals surface area contributed by atoms with Crippen LogP contribution in [0, 0.1) is 0 Å². The van der Waals surface area contributed by atoms with Gasteiger partial charge in [-0.05, 0) is 12.1 Å². The average molecular weight is 318 g/mol. The number of fused-ring (bicyclic) bond motifs is 1. The van der Waals surface area contributed by atoms with Gasteiger partial charge in [0.25, 0.3) is 0 Å². The Labute approximate surface area is 127 Å². The van der Waals surface area contributed by atoms with Gasteiger partial charge in [-0.3, -0.25) is 4.79 Å². The van der Waals surface area contributed by atoms with Crippen LogP contribution in [0.2, 0.25) is 0 Å². The Balaban J connectivity index is 2.40. The summed E-state index contributed by atoms with van der Waals surface area (Å²) < 4.78 is 5.13. The Morgan fingerprint density at radius 3 is 2.09 bits per heavy atom. The number of phenols is 6. The van der Waals surface area contributed by atoms with Crippen LogP contribution in [0.15, 0.2) is 33.7 Å². The zero-order valence-electron chi connectivity index (χ0n) is 11.3. The highest BCUT2D eigenvalue weighted by atomic mass is 16.3. The summed E-state index contributed by atoms with van der Waals surface area (Å²) in [5.74, 6) is -4.59. The number of rotatable bonds is 1. The molecule has 3 aromatic rings. The smallest absolute Gasteiger partial charge is 0.204 e. The summed E-state index contributed by atoms with van der Waals surface area (Å²) in [6.45, 7) is 0. The van der Waals surface area contributed by atoms with Crippen LogP contribution in [-0.2, 0) is 0 Å². The van der Waals surface area contributed by atoms with Crippen molar-refractivity contribution in [1.82, 2.24) is 0 Å². The maximum Gasteiger partial charge on any atom is 0.204 e. The Hall–Kier alpha value is -3.55. The van der Waals surface area contributed by atoms with Crippen LogP contribution in [0.5, 0.6) is 34.5 Å². The highest BCUT2D eigenvalue weighted by molar-refractivity contribution is 5.91. The largest absolute Gasteiger partial charge is 0.504 e. The van der Waals surface area contributed by atoms with Crippen molar-refractivity contribution in [3.05, 3.63) is 34.7 Å². The van der Waals surface area contributed by atoms with Crippen molar-refractivity contribution in [3.8, 4) is 45.6 Å². The highest BCUT2D eigenvalue weighted by Gasteiger charge is 2.21. The second-order valence-electron chi connectivity index (χ2n) is 4.77. The molecule has 6 N–H and O–H groups in total. The van der Waals surface area contributed by atoms with E-state index in [4.69, 9.17) is 4.42 Å². The Morgan fingerprint density at radius 1 is 0.739 bits per heavy atom. The Kier molecular flexibility index (Phi) is 2.96. The average Bonchev–Trinajstić information content (AvgIpc) is 2.51. The second-order valence-corrected chi connectivity index (χ2v) is 4.77. The maximum atomic E-state index is 12.5. The normalized spacial score (nSPS) is 11.0. The van der Waals surface area contributed by atoms with Crippen molar-refractivity contribution in [3.63, 3.8) is 0 Å². The first-order valence-corrected chi connectivity index (χ1v) is 6.26. The van der Waals surface area contributed by atoms with Crippen molar-refractivity contribution >= 4 is 11.0 Å². The number of phenolic OH excluding ortho intramolecular Hbond substituents is 6. The third kappa shape index (κ3) is 1.96. The molecule has 1 heterocycles. The second kappa shape index (κ2) is 4.73. The predicted octanol–water partition coefficient (Wildman–Crippen LogP) is 1.69. The molecule has 8 nitrogen and oxygen atoms in total. The van der Waals surface area contributed by atoms with Crippen molar-refractivity contribution < 1.29 is 35.1 Å². The van der Waals surface area contributed by atoms with E-state index in [1.54, 1.807) is 0 Å². The van der Waals surface area contributed by atoms with Crippen molar-refractivity contribution in [2.45, 2.75) is 0 Å². The summed E-state index contributed by atoms with van der Waals surface area (Å²) in [6.07, 6.45) is 0.951. The number of benzene rings is 2. The first-order valence-electron chi connectivity index (χ1n) is 6.26. The fourth-order valence-corrected chi connectivity index (χ4v) is 2.22. The fourth-order valence-electron chi connectivity index (χ4n) is 2.22. The molecular weight excluding hydrogens is 308 g/mol. The fraction of sp³-hybridized carbons (Fsp3) is 0. The molecule has 8 heteroatoms. The lowest BCUT2D eigenvalue weighted by molar-refractivity contribution is 0.368. The molecule has 2 aromatic carbocycles. The summed E-state index contributed by atoms with van der Waals surface area (Å²) in [5.41, 5.74) is -1.39. The third-order valence-corrected chi connectivity index (χ3v) is 3.41. The van der Waals surface area contributed by atoms with Gasteiger partial charge in [0.1, 0.15) is 17.2 Å². The van der Waals surface area contributed by atoms with Gasteiger partial charge in [0.15, 0.2) is 23.0 Å². The summed E-state index contributed by atoms with van der Waals surface area (Å²) in [7, 11) is 0. The molecule has 0 spiro atoms. The molecule has 0 radical (unpaired) electrons. The van der Waals surface area contributed by atoms with E-state index >= 15 is 0 Å². The SMILES string of the molecule is O=c1c(-c2ccc(O)c(O)c2O)coc2cc(O)c(O)c(O)c12. The number of hydrogen-bond acceptors (Lipinski definition) is 8. The van der Waals surface area contributed by atoms with E-state index in [-0.39, 0.29) is 16.7 Å². The van der Waals surface area contributed by atoms with E-state index in [1.165, 1.54) is 6.07 Å². The van der Waals surface area contributed by atoms with Gasteiger partial charge in [0.2, 0.25) is 16.9 Å². The van der Waals surface area contributed by atoms with Gasteiger partial charge < -0.3 is 35.1 Å². The number of aromatic hydroxyl groups is 6. The zero-order valence-corrected chi connectivity index (χ0v) is 11.3. The van der Waals surface area contributed by atoms with Crippen LogP contribution in [0.25, 0.3) is 22.1 Å². The maximum absolute atomic E-state index is 12.5. The van der Waals surface area contributed by atoms with Gasteiger partial charge in [-0.15, -0.1) is 0 Å². The van der Waals surface area contributed by atoms with E-state index in [2.05, 4.69) is 0 Å². The van der Waals surface area contributed by atoms with E-state index in [0.717, 1.165) is 18.4 Å². The standard InChI is InChI=1S/C15H10O8/c16-7-2-1-5(12(19)13(7)20)6-4-23-9-3-8(17)14(21)15(22)10(9)11(6)18/h1-4,16-17,19-22H. The van der Waals surface area contributed by atoms with Crippen LogP contribution < -0.4 is 5.43 Å². The van der Waals surface area contributed by atoms with Gasteiger partial charge in [-0.2, -0.15) is 0 Å². The molecule has 0 saturated carbocycles. The van der Waals surface area contributed by atoms with E-state index in [1.807, 2.05) is 0 Å². The van der Waals surface area contributed by atoms with Crippen LogP contribution in [-0.4, -0.2) is 30.6 Å². The molecule has 23 heavy (non-hydrogen) atoms. The quantitative estimate of drug-likeness (QED) is 0.371. The topological polar surface area (TPSA) is 152 Å². The minimum atomic E-state index is -0.889. The van der Waals surface area contributed by atoms with Crippen LogP contribution in [0.1, 0.15) is 0 Å².